The van der Waals surface area contributed by atoms with Crippen molar-refractivity contribution in [2.24, 2.45) is 7.05 Å². The Morgan fingerprint density at radius 3 is 3.00 bits per heavy atom. The fourth-order valence-electron chi connectivity index (χ4n) is 1.34. The smallest absolute Gasteiger partial charge is 0.0927 e. The summed E-state index contributed by atoms with van der Waals surface area (Å²) < 4.78 is 1.81. The van der Waals surface area contributed by atoms with Crippen LogP contribution in [0.1, 0.15) is 25.1 Å². The maximum absolute atomic E-state index is 8.61. The number of hydrogen-bond donors (Lipinski definition) is 1. The van der Waals surface area contributed by atoms with Gasteiger partial charge in [-0.05, 0) is 13.3 Å². The molecule has 0 aromatic carbocycles. The summed E-state index contributed by atoms with van der Waals surface area (Å²) >= 11 is 0. The van der Waals surface area contributed by atoms with Crippen LogP contribution in [0.4, 0.5) is 0 Å². The van der Waals surface area contributed by atoms with E-state index in [1.807, 2.05) is 24.9 Å². The van der Waals surface area contributed by atoms with Crippen LogP contribution in [0.2, 0.25) is 0 Å². The highest BCUT2D eigenvalue weighted by Gasteiger charge is 2.06. The second-order valence-electron chi connectivity index (χ2n) is 3.36. The molecule has 1 unspecified atom stereocenters. The van der Waals surface area contributed by atoms with Gasteiger partial charge in [0.25, 0.3) is 0 Å². The van der Waals surface area contributed by atoms with E-state index in [2.05, 4.69) is 23.4 Å². The number of rotatable bonds is 4. The minimum absolute atomic E-state index is 0.111. The van der Waals surface area contributed by atoms with Gasteiger partial charge in [0.15, 0.2) is 0 Å². The van der Waals surface area contributed by atoms with E-state index in [4.69, 9.17) is 5.26 Å². The summed E-state index contributed by atoms with van der Waals surface area (Å²) in [5, 5.41) is 16.1. The van der Waals surface area contributed by atoms with Crippen molar-refractivity contribution in [3.8, 4) is 6.07 Å². The number of nitriles is 1. The fourth-order valence-corrected chi connectivity index (χ4v) is 1.34. The van der Waals surface area contributed by atoms with Gasteiger partial charge in [0, 0.05) is 25.4 Å². The van der Waals surface area contributed by atoms with E-state index in [-0.39, 0.29) is 6.04 Å². The molecule has 1 heterocycles. The molecule has 4 heteroatoms. The van der Waals surface area contributed by atoms with Gasteiger partial charge in [0.2, 0.25) is 0 Å². The van der Waals surface area contributed by atoms with Gasteiger partial charge in [-0.15, -0.1) is 0 Å². The first-order chi connectivity index (χ1) is 6.67. The molecule has 0 saturated heterocycles. The van der Waals surface area contributed by atoms with E-state index in [0.29, 0.717) is 6.54 Å². The Hall–Kier alpha value is -1.34. The minimum Gasteiger partial charge on any atom is -0.298 e. The van der Waals surface area contributed by atoms with Crippen LogP contribution >= 0.6 is 0 Å². The van der Waals surface area contributed by atoms with Gasteiger partial charge < -0.3 is 0 Å². The Balaban J connectivity index is 2.62. The first-order valence-corrected chi connectivity index (χ1v) is 4.81. The van der Waals surface area contributed by atoms with Crippen LogP contribution < -0.4 is 5.32 Å². The van der Waals surface area contributed by atoms with Crippen LogP contribution in [0.3, 0.4) is 0 Å². The van der Waals surface area contributed by atoms with Crippen LogP contribution in [0.15, 0.2) is 6.20 Å². The molecular formula is C10H16N4. The molecule has 1 N–H and O–H groups in total. The largest absolute Gasteiger partial charge is 0.298 e. The second-order valence-corrected chi connectivity index (χ2v) is 3.36. The van der Waals surface area contributed by atoms with Crippen molar-refractivity contribution in [1.82, 2.24) is 15.1 Å². The Morgan fingerprint density at radius 2 is 2.43 bits per heavy atom. The molecule has 0 amide bonds. The molecular weight excluding hydrogens is 176 g/mol. The monoisotopic (exact) mass is 192 g/mol. The molecule has 0 aliphatic carbocycles. The van der Waals surface area contributed by atoms with Gasteiger partial charge in [-0.25, -0.2) is 0 Å². The van der Waals surface area contributed by atoms with Crippen molar-refractivity contribution in [3.63, 3.8) is 0 Å². The zero-order valence-corrected chi connectivity index (χ0v) is 8.91. The summed E-state index contributed by atoms with van der Waals surface area (Å²) in [6, 6.07) is 2.03. The van der Waals surface area contributed by atoms with Gasteiger partial charge in [-0.2, -0.15) is 10.4 Å². The van der Waals surface area contributed by atoms with Crippen LogP contribution in [-0.2, 0) is 20.0 Å². The van der Waals surface area contributed by atoms with Gasteiger partial charge >= 0.3 is 0 Å². The summed E-state index contributed by atoms with van der Waals surface area (Å²) in [5.41, 5.74) is 2.28. The summed E-state index contributed by atoms with van der Waals surface area (Å²) in [6.07, 6.45) is 2.93. The number of hydrogen-bond acceptors (Lipinski definition) is 3. The van der Waals surface area contributed by atoms with E-state index in [1.165, 1.54) is 5.56 Å². The molecule has 0 radical (unpaired) electrons. The van der Waals surface area contributed by atoms with Gasteiger partial charge in [-0.1, -0.05) is 6.92 Å². The number of aromatic nitrogens is 2. The zero-order valence-electron chi connectivity index (χ0n) is 8.91. The first-order valence-electron chi connectivity index (χ1n) is 4.81. The lowest BCUT2D eigenvalue weighted by molar-refractivity contribution is 0.639. The van der Waals surface area contributed by atoms with E-state index in [0.717, 1.165) is 12.1 Å². The third kappa shape index (κ3) is 2.57. The van der Waals surface area contributed by atoms with Crippen LogP contribution in [0, 0.1) is 11.3 Å². The highest BCUT2D eigenvalue weighted by molar-refractivity contribution is 5.17. The maximum Gasteiger partial charge on any atom is 0.0927 e. The van der Waals surface area contributed by atoms with Crippen molar-refractivity contribution in [2.45, 2.75) is 32.9 Å². The van der Waals surface area contributed by atoms with Crippen LogP contribution in [0.5, 0.6) is 0 Å². The topological polar surface area (TPSA) is 53.6 Å². The number of nitrogens with one attached hydrogen (secondary N) is 1. The molecule has 76 valence electrons. The Morgan fingerprint density at radius 1 is 1.71 bits per heavy atom. The third-order valence-corrected chi connectivity index (χ3v) is 2.12. The average Bonchev–Trinajstić information content (AvgIpc) is 2.55. The predicted octanol–water partition coefficient (Wildman–Crippen LogP) is 0.984. The number of nitrogens with zero attached hydrogens (tertiary/aromatic N) is 3. The molecule has 0 bridgehead atoms. The standard InChI is InChI=1S/C10H16N4/c1-4-10-9(7-14(3)13-10)6-12-8(2)5-11/h7-8,12H,4,6H2,1-3H3. The summed E-state index contributed by atoms with van der Waals surface area (Å²) in [4.78, 5) is 0. The van der Waals surface area contributed by atoms with Gasteiger partial charge in [0.1, 0.15) is 0 Å². The maximum atomic E-state index is 8.61. The molecule has 0 spiro atoms. The Kier molecular flexibility index (Phi) is 3.66. The van der Waals surface area contributed by atoms with Gasteiger partial charge in [-0.3, -0.25) is 10.00 Å². The quantitative estimate of drug-likeness (QED) is 0.773. The lowest BCUT2D eigenvalue weighted by Crippen LogP contribution is -2.23. The highest BCUT2D eigenvalue weighted by Crippen LogP contribution is 2.06. The summed E-state index contributed by atoms with van der Waals surface area (Å²) in [7, 11) is 1.91. The molecule has 1 aromatic rings. The van der Waals surface area contributed by atoms with Crippen molar-refractivity contribution in [3.05, 3.63) is 17.5 Å². The van der Waals surface area contributed by atoms with E-state index in [1.54, 1.807) is 0 Å². The zero-order chi connectivity index (χ0) is 10.6. The summed E-state index contributed by atoms with van der Waals surface area (Å²) in [5.74, 6) is 0. The molecule has 0 fully saturated rings. The number of aryl methyl sites for hydroxylation is 2. The van der Waals surface area contributed by atoms with Crippen molar-refractivity contribution in [1.29, 1.82) is 5.26 Å². The fraction of sp³-hybridized carbons (Fsp3) is 0.600. The molecule has 4 nitrogen and oxygen atoms in total. The predicted molar refractivity (Wildman–Crippen MR) is 54.5 cm³/mol. The summed E-state index contributed by atoms with van der Waals surface area (Å²) in [6.45, 7) is 4.65. The van der Waals surface area contributed by atoms with E-state index >= 15 is 0 Å². The highest BCUT2D eigenvalue weighted by atomic mass is 15.3. The molecule has 0 aliphatic rings. The van der Waals surface area contributed by atoms with E-state index in [9.17, 15) is 0 Å². The lowest BCUT2D eigenvalue weighted by Gasteiger charge is -2.04. The van der Waals surface area contributed by atoms with Crippen molar-refractivity contribution < 1.29 is 0 Å². The van der Waals surface area contributed by atoms with Crippen molar-refractivity contribution in [2.75, 3.05) is 0 Å². The Bertz CT molecular complexity index is 334. The molecule has 1 rings (SSSR count). The van der Waals surface area contributed by atoms with Gasteiger partial charge in [0.05, 0.1) is 17.8 Å². The van der Waals surface area contributed by atoms with Crippen LogP contribution in [-0.4, -0.2) is 15.8 Å². The first kappa shape index (κ1) is 10.7. The van der Waals surface area contributed by atoms with E-state index < -0.39 is 0 Å². The Labute approximate surface area is 84.5 Å². The molecule has 1 atom stereocenters. The molecule has 0 aliphatic heterocycles. The normalized spacial score (nSPS) is 12.4. The van der Waals surface area contributed by atoms with Crippen LogP contribution in [0.25, 0.3) is 0 Å². The lowest BCUT2D eigenvalue weighted by atomic mass is 10.2. The third-order valence-electron chi connectivity index (χ3n) is 2.12. The minimum atomic E-state index is -0.111. The SMILES string of the molecule is CCc1nn(C)cc1CNC(C)C#N. The molecule has 0 saturated carbocycles. The molecule has 14 heavy (non-hydrogen) atoms. The molecule has 1 aromatic heterocycles. The van der Waals surface area contributed by atoms with Crippen molar-refractivity contribution >= 4 is 0 Å². The second kappa shape index (κ2) is 4.77. The average molecular weight is 192 g/mol.